The van der Waals surface area contributed by atoms with E-state index in [4.69, 9.17) is 0 Å². The Hall–Kier alpha value is 0.310. The van der Waals surface area contributed by atoms with Gasteiger partial charge in [-0.15, -0.1) is 6.54 Å². The van der Waals surface area contributed by atoms with Crippen molar-refractivity contribution in [2.24, 2.45) is 5.92 Å². The lowest BCUT2D eigenvalue weighted by molar-refractivity contribution is 0.554. The van der Waals surface area contributed by atoms with Crippen LogP contribution in [0.3, 0.4) is 0 Å². The highest BCUT2D eigenvalue weighted by atomic mass is 32.2. The maximum Gasteiger partial charge on any atom is -0.00556 e. The lowest BCUT2D eigenvalue weighted by Gasteiger charge is -2.26. The molecule has 1 nitrogen and oxygen atoms in total. The number of hydrogen-bond donors (Lipinski definition) is 0. The van der Waals surface area contributed by atoms with Gasteiger partial charge >= 0.3 is 0 Å². The van der Waals surface area contributed by atoms with Crippen LogP contribution in [0.15, 0.2) is 0 Å². The molecule has 1 aliphatic rings. The minimum Gasteiger partial charge on any atom is -0.665 e. The average molecular weight is 144 g/mol. The molecule has 0 aromatic heterocycles. The van der Waals surface area contributed by atoms with Gasteiger partial charge in [0.05, 0.1) is 0 Å². The quantitative estimate of drug-likeness (QED) is 0.579. The van der Waals surface area contributed by atoms with Gasteiger partial charge in [-0.2, -0.15) is 18.8 Å². The summed E-state index contributed by atoms with van der Waals surface area (Å²) < 4.78 is 0. The minimum atomic E-state index is 0.897. The molecule has 1 rings (SSSR count). The maximum absolute atomic E-state index is 4.15. The summed E-state index contributed by atoms with van der Waals surface area (Å²) in [7, 11) is 1.92. The van der Waals surface area contributed by atoms with E-state index in [0.717, 1.165) is 12.5 Å². The first-order chi connectivity index (χ1) is 4.43. The fraction of sp³-hybridized carbons (Fsp3) is 1.00. The van der Waals surface area contributed by atoms with E-state index in [0.29, 0.717) is 0 Å². The molecule has 54 valence electrons. The summed E-state index contributed by atoms with van der Waals surface area (Å²) in [5, 5.41) is 4.15. The van der Waals surface area contributed by atoms with E-state index >= 15 is 0 Å². The molecular formula is C7H14NS-. The zero-order valence-electron chi connectivity index (χ0n) is 5.97. The summed E-state index contributed by atoms with van der Waals surface area (Å²) in [6, 6.07) is 0. The largest absolute Gasteiger partial charge is 0.665 e. The van der Waals surface area contributed by atoms with Gasteiger partial charge in [-0.3, -0.25) is 0 Å². The van der Waals surface area contributed by atoms with Gasteiger partial charge in [0.2, 0.25) is 0 Å². The van der Waals surface area contributed by atoms with Crippen molar-refractivity contribution < 1.29 is 0 Å². The predicted molar refractivity (Wildman–Crippen MR) is 44.2 cm³/mol. The second kappa shape index (κ2) is 4.18. The molecule has 0 saturated carbocycles. The van der Waals surface area contributed by atoms with Crippen molar-refractivity contribution >= 4 is 11.8 Å². The van der Waals surface area contributed by atoms with Crippen LogP contribution in [0.4, 0.5) is 0 Å². The molecule has 1 heterocycles. The van der Waals surface area contributed by atoms with Crippen molar-refractivity contribution in [3.05, 3.63) is 5.32 Å². The van der Waals surface area contributed by atoms with Gasteiger partial charge in [0.1, 0.15) is 0 Å². The number of thioether (sulfide) groups is 1. The molecule has 1 unspecified atom stereocenters. The zero-order valence-corrected chi connectivity index (χ0v) is 6.78. The molecular weight excluding hydrogens is 130 g/mol. The highest BCUT2D eigenvalue weighted by Gasteiger charge is 2.08. The highest BCUT2D eigenvalue weighted by molar-refractivity contribution is 7.99. The Kier molecular flexibility index (Phi) is 3.44. The van der Waals surface area contributed by atoms with Crippen LogP contribution in [0, 0.1) is 5.92 Å². The summed E-state index contributed by atoms with van der Waals surface area (Å²) in [4.78, 5) is 0. The van der Waals surface area contributed by atoms with E-state index in [9.17, 15) is 0 Å². The molecule has 0 N–H and O–H groups in total. The van der Waals surface area contributed by atoms with Crippen molar-refractivity contribution in [3.63, 3.8) is 0 Å². The van der Waals surface area contributed by atoms with Gasteiger partial charge in [-0.1, -0.05) is 12.3 Å². The van der Waals surface area contributed by atoms with E-state index in [-0.39, 0.29) is 0 Å². The topological polar surface area (TPSA) is 14.1 Å². The SMILES string of the molecule is C[N-]CC1CCCSC1. The van der Waals surface area contributed by atoms with Crippen molar-refractivity contribution in [3.8, 4) is 0 Å². The Labute approximate surface area is 61.6 Å². The van der Waals surface area contributed by atoms with Gasteiger partial charge < -0.3 is 5.32 Å². The van der Waals surface area contributed by atoms with Gasteiger partial charge in [-0.25, -0.2) is 0 Å². The fourth-order valence-corrected chi connectivity index (χ4v) is 2.35. The third-order valence-electron chi connectivity index (χ3n) is 1.70. The van der Waals surface area contributed by atoms with Crippen molar-refractivity contribution in [1.29, 1.82) is 0 Å². The molecule has 0 spiro atoms. The van der Waals surface area contributed by atoms with Gasteiger partial charge in [-0.05, 0) is 17.9 Å². The monoisotopic (exact) mass is 144 g/mol. The molecule has 0 radical (unpaired) electrons. The molecule has 0 aromatic carbocycles. The summed E-state index contributed by atoms with van der Waals surface area (Å²) in [6.45, 7) is 1.09. The predicted octanol–water partition coefficient (Wildman–Crippen LogP) is 2.13. The molecule has 0 bridgehead atoms. The van der Waals surface area contributed by atoms with Crippen LogP contribution >= 0.6 is 11.8 Å². The molecule has 1 aliphatic heterocycles. The first-order valence-corrected chi connectivity index (χ1v) is 4.72. The molecule has 1 atom stereocenters. The number of rotatable bonds is 2. The standard InChI is InChI=1S/C7H14NS/c1-8-5-7-3-2-4-9-6-7/h7H,2-6H2,1H3/q-1. The lowest BCUT2D eigenvalue weighted by Crippen LogP contribution is -2.13. The summed E-state index contributed by atoms with van der Waals surface area (Å²) in [5.74, 6) is 3.62. The van der Waals surface area contributed by atoms with E-state index in [1.807, 2.05) is 7.05 Å². The van der Waals surface area contributed by atoms with Crippen LogP contribution in [0.1, 0.15) is 12.8 Å². The summed E-state index contributed by atoms with van der Waals surface area (Å²) in [5.41, 5.74) is 0. The molecule has 0 aliphatic carbocycles. The second-order valence-electron chi connectivity index (χ2n) is 2.58. The first-order valence-electron chi connectivity index (χ1n) is 3.57. The molecule has 9 heavy (non-hydrogen) atoms. The molecule has 0 aromatic rings. The summed E-state index contributed by atoms with van der Waals surface area (Å²) in [6.07, 6.45) is 2.81. The third kappa shape index (κ3) is 2.59. The third-order valence-corrected chi connectivity index (χ3v) is 2.98. The van der Waals surface area contributed by atoms with Crippen LogP contribution in [0.2, 0.25) is 0 Å². The normalized spacial score (nSPS) is 28.3. The van der Waals surface area contributed by atoms with Crippen molar-refractivity contribution in [2.45, 2.75) is 12.8 Å². The van der Waals surface area contributed by atoms with E-state index in [1.54, 1.807) is 0 Å². The molecule has 1 fully saturated rings. The Morgan fingerprint density at radius 1 is 1.67 bits per heavy atom. The van der Waals surface area contributed by atoms with Crippen LogP contribution < -0.4 is 0 Å². The fourth-order valence-electron chi connectivity index (χ4n) is 1.21. The Morgan fingerprint density at radius 3 is 3.11 bits per heavy atom. The molecule has 1 saturated heterocycles. The van der Waals surface area contributed by atoms with Crippen molar-refractivity contribution in [1.82, 2.24) is 0 Å². The molecule has 0 amide bonds. The second-order valence-corrected chi connectivity index (χ2v) is 3.73. The van der Waals surface area contributed by atoms with E-state index < -0.39 is 0 Å². The van der Waals surface area contributed by atoms with Crippen LogP contribution in [0.25, 0.3) is 5.32 Å². The number of nitrogens with zero attached hydrogens (tertiary/aromatic N) is 1. The highest BCUT2D eigenvalue weighted by Crippen LogP contribution is 2.22. The Bertz CT molecular complexity index is 66.6. The Morgan fingerprint density at radius 2 is 2.56 bits per heavy atom. The van der Waals surface area contributed by atoms with Crippen LogP contribution in [-0.2, 0) is 0 Å². The minimum absolute atomic E-state index is 0.897. The van der Waals surface area contributed by atoms with Crippen LogP contribution in [0.5, 0.6) is 0 Å². The number of hydrogen-bond acceptors (Lipinski definition) is 1. The van der Waals surface area contributed by atoms with Crippen LogP contribution in [-0.4, -0.2) is 25.1 Å². The Balaban J connectivity index is 2.08. The first kappa shape index (κ1) is 7.42. The van der Waals surface area contributed by atoms with Gasteiger partial charge in [0, 0.05) is 0 Å². The average Bonchev–Trinajstić information content (AvgIpc) is 1.91. The maximum atomic E-state index is 4.15. The summed E-state index contributed by atoms with van der Waals surface area (Å²) >= 11 is 2.08. The van der Waals surface area contributed by atoms with E-state index in [2.05, 4.69) is 17.1 Å². The smallest absolute Gasteiger partial charge is 0.00556 e. The zero-order chi connectivity index (χ0) is 6.53. The lowest BCUT2D eigenvalue weighted by atomic mass is 10.1. The van der Waals surface area contributed by atoms with Gasteiger partial charge in [0.15, 0.2) is 0 Å². The molecule has 2 heteroatoms. The van der Waals surface area contributed by atoms with E-state index in [1.165, 1.54) is 24.3 Å². The van der Waals surface area contributed by atoms with Crippen molar-refractivity contribution in [2.75, 3.05) is 25.1 Å². The van der Waals surface area contributed by atoms with Gasteiger partial charge in [0.25, 0.3) is 0 Å².